The maximum Gasteiger partial charge on any atom is 0.123 e. The molecule has 0 aromatic heterocycles. The van der Waals surface area contributed by atoms with E-state index in [4.69, 9.17) is 0 Å². The number of carbonyl (C=O) groups is 1. The summed E-state index contributed by atoms with van der Waals surface area (Å²) in [6, 6.07) is 8.04. The number of aldehydes is 1. The monoisotopic (exact) mass is 226 g/mol. The van der Waals surface area contributed by atoms with Gasteiger partial charge in [-0.25, -0.2) is 0 Å². The second-order valence-electron chi connectivity index (χ2n) is 2.95. The lowest BCUT2D eigenvalue weighted by Gasteiger charge is -2.03. The molecule has 2 heteroatoms. The van der Waals surface area contributed by atoms with Gasteiger partial charge in [0, 0.05) is 10.4 Å². The standard InChI is InChI=1S/C10H11BrO/c1-8(7-12)5-9-3-2-4-10(11)6-9/h2-4,6-8H,5H2,1H3. The molecule has 0 saturated heterocycles. The van der Waals surface area contributed by atoms with Crippen LogP contribution in [0.5, 0.6) is 0 Å². The van der Waals surface area contributed by atoms with Gasteiger partial charge in [-0.1, -0.05) is 35.0 Å². The summed E-state index contributed by atoms with van der Waals surface area (Å²) in [7, 11) is 0. The van der Waals surface area contributed by atoms with E-state index in [9.17, 15) is 4.79 Å². The lowest BCUT2D eigenvalue weighted by atomic mass is 10.0. The number of benzene rings is 1. The van der Waals surface area contributed by atoms with Crippen LogP contribution in [0.2, 0.25) is 0 Å². The van der Waals surface area contributed by atoms with E-state index in [0.717, 1.165) is 17.2 Å². The molecule has 1 aromatic rings. The molecule has 1 unspecified atom stereocenters. The maximum absolute atomic E-state index is 10.4. The molecule has 0 aliphatic rings. The van der Waals surface area contributed by atoms with Crippen molar-refractivity contribution in [3.05, 3.63) is 34.3 Å². The van der Waals surface area contributed by atoms with E-state index in [2.05, 4.69) is 15.9 Å². The minimum Gasteiger partial charge on any atom is -0.303 e. The molecule has 1 atom stereocenters. The predicted molar refractivity (Wildman–Crippen MR) is 53.1 cm³/mol. The minimum atomic E-state index is 0.110. The van der Waals surface area contributed by atoms with Gasteiger partial charge in [0.25, 0.3) is 0 Å². The van der Waals surface area contributed by atoms with Crippen LogP contribution in [0.3, 0.4) is 0 Å². The second-order valence-corrected chi connectivity index (χ2v) is 3.86. The van der Waals surface area contributed by atoms with Gasteiger partial charge in [0.05, 0.1) is 0 Å². The molecule has 0 radical (unpaired) electrons. The first-order valence-electron chi connectivity index (χ1n) is 3.92. The summed E-state index contributed by atoms with van der Waals surface area (Å²) in [5.74, 6) is 0.110. The SMILES string of the molecule is CC(C=O)Cc1cccc(Br)c1. The van der Waals surface area contributed by atoms with Crippen molar-refractivity contribution in [3.63, 3.8) is 0 Å². The van der Waals surface area contributed by atoms with E-state index in [1.807, 2.05) is 31.2 Å². The highest BCUT2D eigenvalue weighted by Crippen LogP contribution is 2.14. The Labute approximate surface area is 80.9 Å². The predicted octanol–water partition coefficient (Wildman–Crippen LogP) is 2.83. The first-order chi connectivity index (χ1) is 5.72. The topological polar surface area (TPSA) is 17.1 Å². The van der Waals surface area contributed by atoms with Gasteiger partial charge in [0.2, 0.25) is 0 Å². The smallest absolute Gasteiger partial charge is 0.123 e. The van der Waals surface area contributed by atoms with Crippen LogP contribution in [-0.2, 0) is 11.2 Å². The Morgan fingerprint density at radius 1 is 1.58 bits per heavy atom. The van der Waals surface area contributed by atoms with E-state index >= 15 is 0 Å². The Bertz CT molecular complexity index is 270. The van der Waals surface area contributed by atoms with Gasteiger partial charge >= 0.3 is 0 Å². The van der Waals surface area contributed by atoms with Crippen molar-refractivity contribution in [2.24, 2.45) is 5.92 Å². The Balaban J connectivity index is 2.69. The van der Waals surface area contributed by atoms with Crippen molar-refractivity contribution in [2.45, 2.75) is 13.3 Å². The molecule has 1 aromatic carbocycles. The Morgan fingerprint density at radius 3 is 2.92 bits per heavy atom. The van der Waals surface area contributed by atoms with Crippen molar-refractivity contribution in [3.8, 4) is 0 Å². The van der Waals surface area contributed by atoms with E-state index < -0.39 is 0 Å². The van der Waals surface area contributed by atoms with Crippen molar-refractivity contribution in [1.29, 1.82) is 0 Å². The first-order valence-corrected chi connectivity index (χ1v) is 4.71. The van der Waals surface area contributed by atoms with Crippen LogP contribution in [0.15, 0.2) is 28.7 Å². The molecule has 0 aliphatic heterocycles. The molecule has 0 fully saturated rings. The fourth-order valence-electron chi connectivity index (χ4n) is 1.08. The van der Waals surface area contributed by atoms with Gasteiger partial charge in [0.15, 0.2) is 0 Å². The zero-order valence-corrected chi connectivity index (χ0v) is 8.54. The Morgan fingerprint density at radius 2 is 2.33 bits per heavy atom. The second kappa shape index (κ2) is 4.41. The molecule has 0 aliphatic carbocycles. The minimum absolute atomic E-state index is 0.110. The number of hydrogen-bond donors (Lipinski definition) is 0. The fourth-order valence-corrected chi connectivity index (χ4v) is 1.53. The maximum atomic E-state index is 10.4. The van der Waals surface area contributed by atoms with E-state index in [1.54, 1.807) is 0 Å². The third-order valence-corrected chi connectivity index (χ3v) is 2.17. The molecule has 64 valence electrons. The van der Waals surface area contributed by atoms with E-state index in [1.165, 1.54) is 5.56 Å². The molecule has 12 heavy (non-hydrogen) atoms. The van der Waals surface area contributed by atoms with Crippen LogP contribution in [-0.4, -0.2) is 6.29 Å². The summed E-state index contributed by atoms with van der Waals surface area (Å²) in [5.41, 5.74) is 1.20. The molecule has 0 heterocycles. The highest BCUT2D eigenvalue weighted by Gasteiger charge is 2.01. The number of rotatable bonds is 3. The summed E-state index contributed by atoms with van der Waals surface area (Å²) in [6.45, 7) is 1.92. The molecule has 0 N–H and O–H groups in total. The lowest BCUT2D eigenvalue weighted by molar-refractivity contribution is -0.110. The average Bonchev–Trinajstić information content (AvgIpc) is 2.04. The van der Waals surface area contributed by atoms with Crippen molar-refractivity contribution < 1.29 is 4.79 Å². The number of hydrogen-bond acceptors (Lipinski definition) is 1. The molecule has 1 rings (SSSR count). The van der Waals surface area contributed by atoms with Crippen LogP contribution in [0, 0.1) is 5.92 Å². The van der Waals surface area contributed by atoms with E-state index in [-0.39, 0.29) is 5.92 Å². The van der Waals surface area contributed by atoms with Gasteiger partial charge < -0.3 is 4.79 Å². The van der Waals surface area contributed by atoms with Crippen LogP contribution in [0.1, 0.15) is 12.5 Å². The third kappa shape index (κ3) is 2.78. The zero-order valence-electron chi connectivity index (χ0n) is 6.96. The highest BCUT2D eigenvalue weighted by atomic mass is 79.9. The van der Waals surface area contributed by atoms with Gasteiger partial charge in [-0.3, -0.25) is 0 Å². The fraction of sp³-hybridized carbons (Fsp3) is 0.300. The number of carbonyl (C=O) groups excluding carboxylic acids is 1. The third-order valence-electron chi connectivity index (χ3n) is 1.68. The van der Waals surface area contributed by atoms with Gasteiger partial charge in [-0.05, 0) is 24.1 Å². The number of halogens is 1. The largest absolute Gasteiger partial charge is 0.303 e. The summed E-state index contributed by atoms with van der Waals surface area (Å²) in [6.07, 6.45) is 1.81. The Hall–Kier alpha value is -0.630. The van der Waals surface area contributed by atoms with Crippen molar-refractivity contribution >= 4 is 22.2 Å². The molecule has 1 nitrogen and oxygen atoms in total. The van der Waals surface area contributed by atoms with Crippen LogP contribution < -0.4 is 0 Å². The van der Waals surface area contributed by atoms with Crippen LogP contribution in [0.4, 0.5) is 0 Å². The van der Waals surface area contributed by atoms with Crippen LogP contribution in [0.25, 0.3) is 0 Å². The Kier molecular flexibility index (Phi) is 3.48. The first kappa shape index (κ1) is 9.46. The summed E-state index contributed by atoms with van der Waals surface area (Å²) in [4.78, 5) is 10.4. The van der Waals surface area contributed by atoms with Crippen LogP contribution >= 0.6 is 15.9 Å². The van der Waals surface area contributed by atoms with Gasteiger partial charge in [-0.15, -0.1) is 0 Å². The molecule has 0 saturated carbocycles. The molecular weight excluding hydrogens is 216 g/mol. The summed E-state index contributed by atoms with van der Waals surface area (Å²) < 4.78 is 1.07. The van der Waals surface area contributed by atoms with E-state index in [0.29, 0.717) is 0 Å². The van der Waals surface area contributed by atoms with Crippen molar-refractivity contribution in [1.82, 2.24) is 0 Å². The molecule has 0 bridgehead atoms. The highest BCUT2D eigenvalue weighted by molar-refractivity contribution is 9.10. The quantitative estimate of drug-likeness (QED) is 0.725. The molecule has 0 amide bonds. The summed E-state index contributed by atoms with van der Waals surface area (Å²) >= 11 is 3.39. The molecule has 0 spiro atoms. The average molecular weight is 227 g/mol. The van der Waals surface area contributed by atoms with Gasteiger partial charge in [0.1, 0.15) is 6.29 Å². The lowest BCUT2D eigenvalue weighted by Crippen LogP contribution is -2.00. The molecular formula is C10H11BrO. The normalized spacial score (nSPS) is 12.5. The zero-order chi connectivity index (χ0) is 8.97. The van der Waals surface area contributed by atoms with Gasteiger partial charge in [-0.2, -0.15) is 0 Å². The summed E-state index contributed by atoms with van der Waals surface area (Å²) in [5, 5.41) is 0. The van der Waals surface area contributed by atoms with Crippen molar-refractivity contribution in [2.75, 3.05) is 0 Å².